The van der Waals surface area contributed by atoms with E-state index >= 15 is 0 Å². The van der Waals surface area contributed by atoms with Gasteiger partial charge in [-0.15, -0.1) is 0 Å². The summed E-state index contributed by atoms with van der Waals surface area (Å²) in [5.74, 6) is 6.49. The van der Waals surface area contributed by atoms with E-state index in [1.54, 1.807) is 6.07 Å². The lowest BCUT2D eigenvalue weighted by Gasteiger charge is -2.06. The van der Waals surface area contributed by atoms with Crippen LogP contribution in [0.3, 0.4) is 0 Å². The molecular weight excluding hydrogens is 270 g/mol. The van der Waals surface area contributed by atoms with Crippen LogP contribution in [0, 0.1) is 18.8 Å². The van der Waals surface area contributed by atoms with Crippen LogP contribution >= 0.6 is 11.8 Å². The van der Waals surface area contributed by atoms with Gasteiger partial charge in [0.1, 0.15) is 6.61 Å². The lowest BCUT2D eigenvalue weighted by atomic mass is 10.1. The maximum atomic E-state index is 12.0. The number of aliphatic hydroxyl groups is 1. The van der Waals surface area contributed by atoms with Crippen LogP contribution < -0.4 is 5.32 Å². The van der Waals surface area contributed by atoms with Gasteiger partial charge in [-0.1, -0.05) is 11.8 Å². The Balaban J connectivity index is 2.61. The number of carbonyl (C=O) groups is 1. The van der Waals surface area contributed by atoms with Crippen molar-refractivity contribution in [2.75, 3.05) is 25.2 Å². The molecule has 0 saturated heterocycles. The Morgan fingerprint density at radius 3 is 2.85 bits per heavy atom. The van der Waals surface area contributed by atoms with Crippen LogP contribution in [0.4, 0.5) is 0 Å². The van der Waals surface area contributed by atoms with Gasteiger partial charge >= 0.3 is 0 Å². The van der Waals surface area contributed by atoms with Crippen LogP contribution in [0.1, 0.15) is 34.3 Å². The summed E-state index contributed by atoms with van der Waals surface area (Å²) in [6.45, 7) is 2.45. The molecule has 0 fully saturated rings. The first kappa shape index (κ1) is 16.6. The topological polar surface area (TPSA) is 49.3 Å². The predicted octanol–water partition coefficient (Wildman–Crippen LogP) is 2.21. The quantitative estimate of drug-likeness (QED) is 0.624. The molecule has 0 saturated carbocycles. The molecule has 0 aliphatic heterocycles. The highest BCUT2D eigenvalue weighted by molar-refractivity contribution is 7.98. The number of hydrogen-bond acceptors (Lipinski definition) is 3. The highest BCUT2D eigenvalue weighted by Gasteiger charge is 2.06. The third-order valence-corrected chi connectivity index (χ3v) is 3.41. The van der Waals surface area contributed by atoms with Gasteiger partial charge in [0.15, 0.2) is 0 Å². The van der Waals surface area contributed by atoms with Crippen molar-refractivity contribution < 1.29 is 9.90 Å². The second-order valence-electron chi connectivity index (χ2n) is 4.50. The van der Waals surface area contributed by atoms with E-state index in [-0.39, 0.29) is 12.5 Å². The minimum absolute atomic E-state index is 0.0649. The fraction of sp³-hybridized carbons (Fsp3) is 0.438. The summed E-state index contributed by atoms with van der Waals surface area (Å²) in [6.07, 6.45) is 4.19. The number of rotatable bonds is 6. The third kappa shape index (κ3) is 6.14. The molecule has 1 aromatic carbocycles. The van der Waals surface area contributed by atoms with Gasteiger partial charge in [0, 0.05) is 17.7 Å². The first-order valence-electron chi connectivity index (χ1n) is 6.66. The molecule has 2 N–H and O–H groups in total. The Morgan fingerprint density at radius 2 is 2.15 bits per heavy atom. The van der Waals surface area contributed by atoms with Crippen LogP contribution in [-0.4, -0.2) is 36.2 Å². The first-order valence-corrected chi connectivity index (χ1v) is 8.05. The van der Waals surface area contributed by atoms with Crippen LogP contribution in [0.2, 0.25) is 0 Å². The number of aryl methyl sites for hydroxylation is 1. The summed E-state index contributed by atoms with van der Waals surface area (Å²) in [6, 6.07) is 5.51. The molecule has 1 aromatic rings. The molecule has 1 rings (SSSR count). The van der Waals surface area contributed by atoms with E-state index in [4.69, 9.17) is 5.11 Å². The van der Waals surface area contributed by atoms with Crippen LogP contribution in [0.5, 0.6) is 0 Å². The smallest absolute Gasteiger partial charge is 0.251 e. The summed E-state index contributed by atoms with van der Waals surface area (Å²) in [5, 5.41) is 11.6. The monoisotopic (exact) mass is 291 g/mol. The average molecular weight is 291 g/mol. The number of amides is 1. The van der Waals surface area contributed by atoms with E-state index in [1.165, 1.54) is 0 Å². The highest BCUT2D eigenvalue weighted by Crippen LogP contribution is 2.09. The molecule has 0 aliphatic rings. The van der Waals surface area contributed by atoms with Gasteiger partial charge in [-0.25, -0.2) is 0 Å². The Bertz CT molecular complexity index is 503. The third-order valence-electron chi connectivity index (χ3n) is 2.71. The van der Waals surface area contributed by atoms with Gasteiger partial charge in [0.05, 0.1) is 0 Å². The van der Waals surface area contributed by atoms with Gasteiger partial charge in [0.2, 0.25) is 0 Å². The van der Waals surface area contributed by atoms with Crippen LogP contribution in [-0.2, 0) is 0 Å². The maximum absolute atomic E-state index is 12.0. The predicted molar refractivity (Wildman–Crippen MR) is 85.1 cm³/mol. The number of aliphatic hydroxyl groups excluding tert-OH is 1. The van der Waals surface area contributed by atoms with Gasteiger partial charge in [-0.05, 0) is 55.5 Å². The minimum Gasteiger partial charge on any atom is -0.384 e. The van der Waals surface area contributed by atoms with Crippen molar-refractivity contribution in [3.8, 4) is 11.8 Å². The van der Waals surface area contributed by atoms with Crippen molar-refractivity contribution in [3.05, 3.63) is 34.9 Å². The summed E-state index contributed by atoms with van der Waals surface area (Å²) in [4.78, 5) is 12.0. The van der Waals surface area contributed by atoms with Crippen LogP contribution in [0.15, 0.2) is 18.2 Å². The summed E-state index contributed by atoms with van der Waals surface area (Å²) < 4.78 is 0. The van der Waals surface area contributed by atoms with Gasteiger partial charge in [0.25, 0.3) is 5.91 Å². The lowest BCUT2D eigenvalue weighted by Crippen LogP contribution is -2.24. The fourth-order valence-electron chi connectivity index (χ4n) is 1.80. The van der Waals surface area contributed by atoms with E-state index in [1.807, 2.05) is 30.8 Å². The summed E-state index contributed by atoms with van der Waals surface area (Å²) >= 11 is 1.82. The van der Waals surface area contributed by atoms with Crippen molar-refractivity contribution in [3.63, 3.8) is 0 Å². The van der Waals surface area contributed by atoms with E-state index in [0.717, 1.165) is 29.7 Å². The lowest BCUT2D eigenvalue weighted by molar-refractivity contribution is 0.0953. The maximum Gasteiger partial charge on any atom is 0.251 e. The molecule has 1 amide bonds. The fourth-order valence-corrected chi connectivity index (χ4v) is 2.30. The van der Waals surface area contributed by atoms with E-state index in [9.17, 15) is 4.79 Å². The van der Waals surface area contributed by atoms with Gasteiger partial charge in [-0.2, -0.15) is 11.8 Å². The number of unbranched alkanes of at least 4 members (excludes halogenated alkanes) is 1. The molecular formula is C16H21NO2S. The number of carbonyl (C=O) groups excluding carboxylic acids is 1. The molecule has 20 heavy (non-hydrogen) atoms. The van der Waals surface area contributed by atoms with Gasteiger partial charge in [-0.3, -0.25) is 4.79 Å². The van der Waals surface area contributed by atoms with Gasteiger partial charge < -0.3 is 10.4 Å². The second-order valence-corrected chi connectivity index (χ2v) is 5.49. The number of thioether (sulfide) groups is 1. The summed E-state index contributed by atoms with van der Waals surface area (Å²) in [5.41, 5.74) is 2.37. The molecule has 0 aromatic heterocycles. The first-order chi connectivity index (χ1) is 9.67. The van der Waals surface area contributed by atoms with Crippen LogP contribution in [0.25, 0.3) is 0 Å². The van der Waals surface area contributed by atoms with Crippen molar-refractivity contribution >= 4 is 17.7 Å². The largest absolute Gasteiger partial charge is 0.384 e. The number of hydrogen-bond donors (Lipinski definition) is 2. The molecule has 0 radical (unpaired) electrons. The Morgan fingerprint density at radius 1 is 1.35 bits per heavy atom. The Kier molecular flexibility index (Phi) is 7.86. The summed E-state index contributed by atoms with van der Waals surface area (Å²) in [7, 11) is 0. The van der Waals surface area contributed by atoms with Crippen molar-refractivity contribution in [2.24, 2.45) is 0 Å². The number of benzene rings is 1. The standard InChI is InChI=1S/C16H21NO2S/c1-13-10-14(6-5-8-18)12-15(11-13)16(19)17-7-3-4-9-20-2/h10-12,18H,3-4,7-9H2,1-2H3,(H,17,19). The molecule has 0 atom stereocenters. The highest BCUT2D eigenvalue weighted by atomic mass is 32.2. The van der Waals surface area contributed by atoms with E-state index < -0.39 is 0 Å². The second kappa shape index (κ2) is 9.46. The minimum atomic E-state index is -0.176. The van der Waals surface area contributed by atoms with E-state index in [0.29, 0.717) is 12.1 Å². The van der Waals surface area contributed by atoms with Crippen molar-refractivity contribution in [1.29, 1.82) is 0 Å². The average Bonchev–Trinajstić information content (AvgIpc) is 2.44. The molecule has 0 unspecified atom stereocenters. The Labute approximate surface area is 125 Å². The molecule has 108 valence electrons. The van der Waals surface area contributed by atoms with Crippen molar-refractivity contribution in [2.45, 2.75) is 19.8 Å². The zero-order valence-corrected chi connectivity index (χ0v) is 12.8. The number of nitrogens with one attached hydrogen (secondary N) is 1. The molecule has 0 bridgehead atoms. The zero-order chi connectivity index (χ0) is 14.8. The SMILES string of the molecule is CSCCCCNC(=O)c1cc(C)cc(C#CCO)c1. The molecule has 0 spiro atoms. The normalized spacial score (nSPS) is 9.75. The zero-order valence-electron chi connectivity index (χ0n) is 12.0. The van der Waals surface area contributed by atoms with E-state index in [2.05, 4.69) is 23.4 Å². The molecule has 3 nitrogen and oxygen atoms in total. The molecule has 4 heteroatoms. The molecule has 0 heterocycles. The Hall–Kier alpha value is -1.44. The van der Waals surface area contributed by atoms with Crippen molar-refractivity contribution in [1.82, 2.24) is 5.32 Å². The molecule has 0 aliphatic carbocycles.